The van der Waals surface area contributed by atoms with Gasteiger partial charge in [0.25, 0.3) is 0 Å². The number of halogens is 1. The molecular formula is C12H16BrNOS. The van der Waals surface area contributed by atoms with Crippen molar-refractivity contribution in [1.82, 2.24) is 0 Å². The molecule has 1 aromatic rings. The number of nitrogens with two attached hydrogens (primary N) is 1. The molecule has 16 heavy (non-hydrogen) atoms. The molecule has 2 nitrogen and oxygen atoms in total. The third-order valence-electron chi connectivity index (χ3n) is 3.05. The van der Waals surface area contributed by atoms with Crippen molar-refractivity contribution < 1.29 is 4.21 Å². The monoisotopic (exact) mass is 301 g/mol. The molecule has 4 heteroatoms. The normalized spacial score (nSPS) is 19.6. The number of hydrogen-bond acceptors (Lipinski definition) is 2. The van der Waals surface area contributed by atoms with Gasteiger partial charge in [-0.15, -0.1) is 0 Å². The fraction of sp³-hybridized carbons (Fsp3) is 0.500. The molecule has 1 saturated carbocycles. The van der Waals surface area contributed by atoms with Crippen LogP contribution in [0.4, 0.5) is 5.69 Å². The van der Waals surface area contributed by atoms with Gasteiger partial charge in [0.05, 0.1) is 15.7 Å². The minimum absolute atomic E-state index is 0.297. The van der Waals surface area contributed by atoms with Crippen molar-refractivity contribution in [2.45, 2.75) is 42.2 Å². The van der Waals surface area contributed by atoms with Crippen molar-refractivity contribution in [1.29, 1.82) is 0 Å². The highest BCUT2D eigenvalue weighted by atomic mass is 79.9. The first-order valence-corrected chi connectivity index (χ1v) is 7.64. The Bertz CT molecular complexity index is 402. The number of benzene rings is 1. The molecule has 1 fully saturated rings. The van der Waals surface area contributed by atoms with E-state index in [9.17, 15) is 4.21 Å². The summed E-state index contributed by atoms with van der Waals surface area (Å²) in [6.45, 7) is 0. The quantitative estimate of drug-likeness (QED) is 0.850. The van der Waals surface area contributed by atoms with E-state index in [1.165, 1.54) is 19.3 Å². The average Bonchev–Trinajstić information content (AvgIpc) is 2.32. The molecular weight excluding hydrogens is 286 g/mol. The number of nitrogen functional groups attached to an aromatic ring is 1. The van der Waals surface area contributed by atoms with Crippen LogP contribution in [0.15, 0.2) is 27.6 Å². The Balaban J connectivity index is 2.22. The molecule has 88 valence electrons. The molecule has 0 heterocycles. The second-order valence-corrected chi connectivity index (χ2v) is 6.86. The van der Waals surface area contributed by atoms with Crippen molar-refractivity contribution in [2.75, 3.05) is 5.73 Å². The van der Waals surface area contributed by atoms with Gasteiger partial charge in [-0.2, -0.15) is 0 Å². The van der Waals surface area contributed by atoms with E-state index in [0.29, 0.717) is 10.9 Å². The number of hydrogen-bond donors (Lipinski definition) is 1. The molecule has 2 N–H and O–H groups in total. The van der Waals surface area contributed by atoms with Crippen molar-refractivity contribution >= 4 is 32.4 Å². The summed E-state index contributed by atoms with van der Waals surface area (Å²) in [6.07, 6.45) is 5.81. The topological polar surface area (TPSA) is 43.1 Å². The first-order chi connectivity index (χ1) is 7.68. The third-order valence-corrected chi connectivity index (χ3v) is 5.40. The summed E-state index contributed by atoms with van der Waals surface area (Å²) >= 11 is 3.40. The van der Waals surface area contributed by atoms with Gasteiger partial charge in [-0.05, 0) is 31.0 Å². The predicted molar refractivity (Wildman–Crippen MR) is 71.8 cm³/mol. The van der Waals surface area contributed by atoms with Gasteiger partial charge in [0, 0.05) is 15.4 Å². The van der Waals surface area contributed by atoms with E-state index < -0.39 is 10.8 Å². The van der Waals surface area contributed by atoms with Gasteiger partial charge >= 0.3 is 0 Å². The molecule has 1 aromatic carbocycles. The highest BCUT2D eigenvalue weighted by Crippen LogP contribution is 2.29. The maximum atomic E-state index is 12.4. The molecule has 0 saturated heterocycles. The van der Waals surface area contributed by atoms with Crippen molar-refractivity contribution in [3.8, 4) is 0 Å². The largest absolute Gasteiger partial charge is 0.398 e. The van der Waals surface area contributed by atoms with Crippen molar-refractivity contribution in [3.05, 3.63) is 22.7 Å². The highest BCUT2D eigenvalue weighted by molar-refractivity contribution is 9.10. The lowest BCUT2D eigenvalue weighted by Crippen LogP contribution is -2.19. The lowest BCUT2D eigenvalue weighted by atomic mass is 10.0. The zero-order valence-electron chi connectivity index (χ0n) is 9.12. The predicted octanol–water partition coefficient (Wildman–Crippen LogP) is 3.47. The minimum atomic E-state index is -0.947. The van der Waals surface area contributed by atoms with Crippen LogP contribution in [0, 0.1) is 0 Å². The maximum Gasteiger partial charge on any atom is 0.0631 e. The molecule has 0 aliphatic heterocycles. The summed E-state index contributed by atoms with van der Waals surface area (Å²) in [6, 6.07) is 5.59. The molecule has 1 atom stereocenters. The molecule has 0 bridgehead atoms. The summed E-state index contributed by atoms with van der Waals surface area (Å²) in [5.74, 6) is 0. The maximum absolute atomic E-state index is 12.4. The van der Waals surface area contributed by atoms with Gasteiger partial charge in [-0.3, -0.25) is 4.21 Å². The van der Waals surface area contributed by atoms with Gasteiger partial charge in [0.1, 0.15) is 0 Å². The second-order valence-electron chi connectivity index (χ2n) is 4.24. The van der Waals surface area contributed by atoms with Crippen LogP contribution in [0.3, 0.4) is 0 Å². The summed E-state index contributed by atoms with van der Waals surface area (Å²) < 4.78 is 13.3. The third kappa shape index (κ3) is 2.66. The van der Waals surface area contributed by atoms with Gasteiger partial charge < -0.3 is 5.73 Å². The average molecular weight is 302 g/mol. The summed E-state index contributed by atoms with van der Waals surface area (Å²) in [7, 11) is -0.947. The SMILES string of the molecule is Nc1ccc(Br)cc1S(=O)C1CCCCC1. The van der Waals surface area contributed by atoms with Crippen molar-refractivity contribution in [2.24, 2.45) is 0 Å². The smallest absolute Gasteiger partial charge is 0.0631 e. The summed E-state index contributed by atoms with van der Waals surface area (Å²) in [5.41, 5.74) is 6.53. The van der Waals surface area contributed by atoms with Gasteiger partial charge in [0.15, 0.2) is 0 Å². The van der Waals surface area contributed by atoms with Crippen LogP contribution in [-0.2, 0) is 10.8 Å². The molecule has 0 spiro atoms. The first-order valence-electron chi connectivity index (χ1n) is 5.64. The van der Waals surface area contributed by atoms with Crippen LogP contribution in [0.25, 0.3) is 0 Å². The molecule has 0 amide bonds. The second kappa shape index (κ2) is 5.32. The van der Waals surface area contributed by atoms with E-state index in [4.69, 9.17) is 5.73 Å². The zero-order valence-corrected chi connectivity index (χ0v) is 11.5. The van der Waals surface area contributed by atoms with E-state index in [0.717, 1.165) is 22.2 Å². The number of anilines is 1. The van der Waals surface area contributed by atoms with Gasteiger partial charge in [0.2, 0.25) is 0 Å². The highest BCUT2D eigenvalue weighted by Gasteiger charge is 2.22. The molecule has 1 aliphatic carbocycles. The van der Waals surface area contributed by atoms with E-state index in [1.807, 2.05) is 18.2 Å². The first kappa shape index (κ1) is 12.1. The lowest BCUT2D eigenvalue weighted by Gasteiger charge is -2.21. The molecule has 2 rings (SSSR count). The lowest BCUT2D eigenvalue weighted by molar-refractivity contribution is 0.504. The molecule has 1 unspecified atom stereocenters. The Labute approximate surface area is 107 Å². The Morgan fingerprint density at radius 1 is 1.25 bits per heavy atom. The standard InChI is InChI=1S/C12H16BrNOS/c13-9-6-7-11(14)12(8-9)16(15)10-4-2-1-3-5-10/h6-8,10H,1-5,14H2. The summed E-state index contributed by atoms with van der Waals surface area (Å²) in [5, 5.41) is 0.297. The Kier molecular flexibility index (Phi) is 4.03. The fourth-order valence-electron chi connectivity index (χ4n) is 2.14. The number of rotatable bonds is 2. The van der Waals surface area contributed by atoms with Crippen LogP contribution < -0.4 is 5.73 Å². The van der Waals surface area contributed by atoms with Crippen LogP contribution >= 0.6 is 15.9 Å². The minimum Gasteiger partial charge on any atom is -0.398 e. The Morgan fingerprint density at radius 3 is 2.62 bits per heavy atom. The van der Waals surface area contributed by atoms with Crippen molar-refractivity contribution in [3.63, 3.8) is 0 Å². The summed E-state index contributed by atoms with van der Waals surface area (Å²) in [4.78, 5) is 0.793. The van der Waals surface area contributed by atoms with Gasteiger partial charge in [-0.1, -0.05) is 35.2 Å². The van der Waals surface area contributed by atoms with Crippen LogP contribution in [0.5, 0.6) is 0 Å². The van der Waals surface area contributed by atoms with Crippen LogP contribution in [0.2, 0.25) is 0 Å². The molecule has 0 aromatic heterocycles. The van der Waals surface area contributed by atoms with Gasteiger partial charge in [-0.25, -0.2) is 0 Å². The van der Waals surface area contributed by atoms with E-state index >= 15 is 0 Å². The Hall–Kier alpha value is -0.350. The van der Waals surface area contributed by atoms with Crippen LogP contribution in [0.1, 0.15) is 32.1 Å². The van der Waals surface area contributed by atoms with Crippen LogP contribution in [-0.4, -0.2) is 9.46 Å². The molecule has 0 radical (unpaired) electrons. The van der Waals surface area contributed by atoms with E-state index in [-0.39, 0.29) is 0 Å². The van der Waals surface area contributed by atoms with E-state index in [1.54, 1.807) is 0 Å². The van der Waals surface area contributed by atoms with E-state index in [2.05, 4.69) is 15.9 Å². The molecule has 1 aliphatic rings. The Morgan fingerprint density at radius 2 is 1.94 bits per heavy atom. The fourth-order valence-corrected chi connectivity index (χ4v) is 4.32. The zero-order chi connectivity index (χ0) is 11.5.